The van der Waals surface area contributed by atoms with E-state index in [1.165, 1.54) is 6.92 Å². The maximum Gasteiger partial charge on any atom is 0.347 e. The van der Waals surface area contributed by atoms with Crippen molar-refractivity contribution < 1.29 is 19.3 Å². The van der Waals surface area contributed by atoms with Crippen LogP contribution in [0.4, 0.5) is 4.39 Å². The zero-order valence-electron chi connectivity index (χ0n) is 10.4. The fourth-order valence-corrected chi connectivity index (χ4v) is 2.01. The number of terminal acetylenes is 1. The molecule has 0 radical (unpaired) electrons. The lowest BCUT2D eigenvalue weighted by molar-refractivity contribution is -0.0850. The van der Waals surface area contributed by atoms with Gasteiger partial charge in [-0.1, -0.05) is 5.92 Å². The molecule has 1 fully saturated rings. The van der Waals surface area contributed by atoms with Gasteiger partial charge in [-0.2, -0.15) is 9.78 Å². The molecular weight excluding hydrogens is 273 g/mol. The molecule has 108 valence electrons. The number of nitrogens with one attached hydrogen (secondary N) is 1. The minimum Gasteiger partial charge on any atom is -0.391 e. The summed E-state index contributed by atoms with van der Waals surface area (Å²) in [5.74, 6) is 1.72. The topological polar surface area (TPSA) is 117 Å². The number of H-pyrrole nitrogens is 1. The zero-order valence-corrected chi connectivity index (χ0v) is 10.4. The number of rotatable bonds is 2. The lowest BCUT2D eigenvalue weighted by Gasteiger charge is -2.22. The summed E-state index contributed by atoms with van der Waals surface area (Å²) in [4.78, 5) is 24.4. The van der Waals surface area contributed by atoms with E-state index in [0.717, 1.165) is 6.20 Å². The molecule has 0 bridgehead atoms. The number of hydrogen-bond acceptors (Lipinski definition) is 6. The Bertz CT molecular complexity index is 663. The second kappa shape index (κ2) is 4.82. The van der Waals surface area contributed by atoms with Gasteiger partial charge >= 0.3 is 5.69 Å². The molecule has 9 heteroatoms. The van der Waals surface area contributed by atoms with Crippen LogP contribution in [0, 0.1) is 12.3 Å². The van der Waals surface area contributed by atoms with Crippen LogP contribution < -0.4 is 11.2 Å². The summed E-state index contributed by atoms with van der Waals surface area (Å²) in [5, 5.41) is 22.7. The third-order valence-electron chi connectivity index (χ3n) is 3.04. The number of aromatic nitrogens is 3. The summed E-state index contributed by atoms with van der Waals surface area (Å²) < 4.78 is 20.3. The number of ether oxygens (including phenoxy) is 1. The van der Waals surface area contributed by atoms with Crippen molar-refractivity contribution >= 4 is 0 Å². The van der Waals surface area contributed by atoms with Crippen molar-refractivity contribution in [1.82, 2.24) is 14.8 Å². The van der Waals surface area contributed by atoms with Gasteiger partial charge in [0.15, 0.2) is 0 Å². The number of hydrogen-bond donors (Lipinski definition) is 3. The van der Waals surface area contributed by atoms with Gasteiger partial charge in [-0.25, -0.2) is 9.18 Å². The first-order chi connectivity index (χ1) is 9.31. The predicted octanol–water partition coefficient (Wildman–Crippen LogP) is -2.09. The van der Waals surface area contributed by atoms with Gasteiger partial charge in [-0.3, -0.25) is 9.78 Å². The molecule has 8 nitrogen and oxygen atoms in total. The van der Waals surface area contributed by atoms with E-state index in [4.69, 9.17) is 11.2 Å². The van der Waals surface area contributed by atoms with E-state index in [1.54, 1.807) is 5.92 Å². The molecule has 20 heavy (non-hydrogen) atoms. The third-order valence-corrected chi connectivity index (χ3v) is 3.04. The maximum absolute atomic E-state index is 14.7. The highest BCUT2D eigenvalue weighted by Crippen LogP contribution is 2.41. The van der Waals surface area contributed by atoms with E-state index in [0.29, 0.717) is 4.68 Å². The lowest BCUT2D eigenvalue weighted by Crippen LogP contribution is -2.46. The lowest BCUT2D eigenvalue weighted by atomic mass is 9.95. The van der Waals surface area contributed by atoms with Crippen molar-refractivity contribution in [3.63, 3.8) is 0 Å². The Morgan fingerprint density at radius 3 is 2.85 bits per heavy atom. The molecule has 2 heterocycles. The van der Waals surface area contributed by atoms with Gasteiger partial charge in [0.05, 0.1) is 6.10 Å². The van der Waals surface area contributed by atoms with Crippen LogP contribution in [-0.2, 0) is 4.74 Å². The normalized spacial score (nSPS) is 34.6. The van der Waals surface area contributed by atoms with Gasteiger partial charge in [0.25, 0.3) is 5.56 Å². The van der Waals surface area contributed by atoms with Gasteiger partial charge in [0, 0.05) is 0 Å². The van der Waals surface area contributed by atoms with Crippen molar-refractivity contribution in [2.45, 2.75) is 37.1 Å². The minimum absolute atomic E-state index is 0.479. The third kappa shape index (κ3) is 2.03. The minimum atomic E-state index is -2.77. The summed E-state index contributed by atoms with van der Waals surface area (Å²) >= 11 is 0. The van der Waals surface area contributed by atoms with Crippen LogP contribution in [0.15, 0.2) is 15.8 Å². The standard InChI is InChI=1S/C11H12FN3O5/c1-3-11(12)8(18)7(5(2)16)20-9(11)15-10(19)14-6(17)4-13-15/h1,4-5,7-9,16,18H,2H3,(H,14,17,19)/t5-,7+,8-,9+,11?/m0/s1. The van der Waals surface area contributed by atoms with E-state index in [9.17, 15) is 24.2 Å². The van der Waals surface area contributed by atoms with E-state index in [2.05, 4.69) is 5.10 Å². The molecule has 0 aromatic carbocycles. The van der Waals surface area contributed by atoms with Crippen molar-refractivity contribution in [3.05, 3.63) is 27.0 Å². The van der Waals surface area contributed by atoms with Crippen LogP contribution >= 0.6 is 0 Å². The smallest absolute Gasteiger partial charge is 0.347 e. The highest BCUT2D eigenvalue weighted by atomic mass is 19.1. The molecule has 1 aromatic heterocycles. The van der Waals surface area contributed by atoms with Crippen LogP contribution in [0.3, 0.4) is 0 Å². The Morgan fingerprint density at radius 2 is 2.35 bits per heavy atom. The fourth-order valence-electron chi connectivity index (χ4n) is 2.01. The van der Waals surface area contributed by atoms with Crippen LogP contribution in [0.25, 0.3) is 0 Å². The Kier molecular flexibility index (Phi) is 3.47. The van der Waals surface area contributed by atoms with Crippen molar-refractivity contribution in [3.8, 4) is 12.3 Å². The molecule has 1 aliphatic heterocycles. The van der Waals surface area contributed by atoms with Crippen LogP contribution in [0.1, 0.15) is 13.2 Å². The van der Waals surface area contributed by atoms with Gasteiger partial charge in [0.1, 0.15) is 18.4 Å². The monoisotopic (exact) mass is 285 g/mol. The van der Waals surface area contributed by atoms with Crippen LogP contribution in [-0.4, -0.2) is 49.0 Å². The summed E-state index contributed by atoms with van der Waals surface area (Å²) in [6.45, 7) is 1.27. The molecule has 5 atom stereocenters. The molecule has 1 saturated heterocycles. The summed E-state index contributed by atoms with van der Waals surface area (Å²) in [7, 11) is 0. The second-order valence-corrected chi connectivity index (χ2v) is 4.43. The number of aliphatic hydroxyl groups is 2. The summed E-state index contributed by atoms with van der Waals surface area (Å²) in [6, 6.07) is 0. The van der Waals surface area contributed by atoms with Crippen molar-refractivity contribution in [2.75, 3.05) is 0 Å². The van der Waals surface area contributed by atoms with Crippen LogP contribution in [0.5, 0.6) is 0 Å². The quantitative estimate of drug-likeness (QED) is 0.536. The van der Waals surface area contributed by atoms with E-state index in [1.807, 2.05) is 4.98 Å². The number of aromatic amines is 1. The Balaban J connectivity index is 2.53. The van der Waals surface area contributed by atoms with Gasteiger partial charge < -0.3 is 14.9 Å². The summed E-state index contributed by atoms with van der Waals surface area (Å²) in [6.07, 6.45) is -0.357. The first-order valence-electron chi connectivity index (χ1n) is 5.67. The average Bonchev–Trinajstić information content (AvgIpc) is 2.64. The molecule has 1 unspecified atom stereocenters. The average molecular weight is 285 g/mol. The van der Waals surface area contributed by atoms with Crippen molar-refractivity contribution in [2.24, 2.45) is 0 Å². The van der Waals surface area contributed by atoms with E-state index in [-0.39, 0.29) is 0 Å². The predicted molar refractivity (Wildman–Crippen MR) is 63.4 cm³/mol. The molecule has 0 spiro atoms. The molecule has 3 N–H and O–H groups in total. The molecule has 2 rings (SSSR count). The maximum atomic E-state index is 14.7. The highest BCUT2D eigenvalue weighted by Gasteiger charge is 2.59. The Labute approximate surface area is 111 Å². The molecule has 0 amide bonds. The first-order valence-corrected chi connectivity index (χ1v) is 5.67. The molecule has 1 aromatic rings. The van der Waals surface area contributed by atoms with Crippen LogP contribution in [0.2, 0.25) is 0 Å². The summed E-state index contributed by atoms with van der Waals surface area (Å²) in [5.41, 5.74) is -4.59. The molecule has 0 saturated carbocycles. The first kappa shape index (κ1) is 14.4. The second-order valence-electron chi connectivity index (χ2n) is 4.43. The number of nitrogens with zero attached hydrogens (tertiary/aromatic N) is 2. The molecule has 1 aliphatic rings. The van der Waals surface area contributed by atoms with E-state index < -0.39 is 41.5 Å². The number of alkyl halides is 1. The van der Waals surface area contributed by atoms with Crippen molar-refractivity contribution in [1.29, 1.82) is 0 Å². The van der Waals surface area contributed by atoms with E-state index >= 15 is 0 Å². The Hall–Kier alpha value is -2.02. The number of aliphatic hydroxyl groups excluding tert-OH is 2. The number of halogens is 1. The molecular formula is C11H12FN3O5. The zero-order chi connectivity index (χ0) is 15.1. The van der Waals surface area contributed by atoms with Gasteiger partial charge in [0.2, 0.25) is 11.9 Å². The SMILES string of the molecule is C#CC1(F)[C@@H](O)[C@@H]([C@H](C)O)O[C@H]1n1ncc(=O)[nH]c1=O. The van der Waals surface area contributed by atoms with Gasteiger partial charge in [-0.05, 0) is 6.92 Å². The molecule has 0 aliphatic carbocycles. The fraction of sp³-hybridized carbons (Fsp3) is 0.545. The highest BCUT2D eigenvalue weighted by molar-refractivity contribution is 5.19. The van der Waals surface area contributed by atoms with Gasteiger partial charge in [-0.15, -0.1) is 6.42 Å². The largest absolute Gasteiger partial charge is 0.391 e. The Morgan fingerprint density at radius 1 is 1.70 bits per heavy atom.